The largest absolute Gasteiger partial charge is 0.453 e. The summed E-state index contributed by atoms with van der Waals surface area (Å²) in [5, 5.41) is 4.97. The van der Waals surface area contributed by atoms with Crippen molar-refractivity contribution in [3.05, 3.63) is 75.2 Å². The van der Waals surface area contributed by atoms with Crippen molar-refractivity contribution in [2.45, 2.75) is 13.8 Å². The first-order chi connectivity index (χ1) is 12.8. The van der Waals surface area contributed by atoms with E-state index in [-0.39, 0.29) is 16.5 Å². The van der Waals surface area contributed by atoms with Crippen LogP contribution in [0.5, 0.6) is 0 Å². The average Bonchev–Trinajstić information content (AvgIpc) is 2.98. The van der Waals surface area contributed by atoms with E-state index in [9.17, 15) is 9.59 Å². The lowest BCUT2D eigenvalue weighted by Gasteiger charge is -2.08. The van der Waals surface area contributed by atoms with Crippen molar-refractivity contribution in [3.8, 4) is 5.82 Å². The van der Waals surface area contributed by atoms with Gasteiger partial charge in [0.25, 0.3) is 0 Å². The lowest BCUT2D eigenvalue weighted by molar-refractivity contribution is 0.0469. The number of aromatic nitrogens is 3. The third-order valence-corrected chi connectivity index (χ3v) is 4.31. The number of Topliss-reactive ketones (excluding diaryl/α,β-unsaturated/α-hetero) is 1. The van der Waals surface area contributed by atoms with E-state index in [1.54, 1.807) is 35.0 Å². The highest BCUT2D eigenvalue weighted by atomic mass is 35.5. The molecule has 0 unspecified atom stereocenters. The van der Waals surface area contributed by atoms with Crippen LogP contribution in [-0.4, -0.2) is 33.1 Å². The lowest BCUT2D eigenvalue weighted by atomic mass is 10.1. The molecule has 0 radical (unpaired) electrons. The highest BCUT2D eigenvalue weighted by Crippen LogP contribution is 2.19. The number of esters is 1. The molecule has 2 aromatic heterocycles. The Labute approximate surface area is 165 Å². The van der Waals surface area contributed by atoms with Gasteiger partial charge < -0.3 is 4.74 Å². The first-order valence-corrected chi connectivity index (χ1v) is 8.77. The Morgan fingerprint density at radius 1 is 1.07 bits per heavy atom. The zero-order chi connectivity index (χ0) is 19.6. The van der Waals surface area contributed by atoms with Crippen molar-refractivity contribution in [2.75, 3.05) is 6.61 Å². The minimum absolute atomic E-state index is 0.0781. The van der Waals surface area contributed by atoms with Gasteiger partial charge >= 0.3 is 5.97 Å². The number of nitrogens with zero attached hydrogens (tertiary/aromatic N) is 3. The molecular formula is C19H15Cl2N3O3. The minimum atomic E-state index is -0.786. The Morgan fingerprint density at radius 2 is 1.78 bits per heavy atom. The molecule has 1 aromatic carbocycles. The Bertz CT molecular complexity index is 1010. The van der Waals surface area contributed by atoms with Crippen molar-refractivity contribution in [1.82, 2.24) is 14.8 Å². The Morgan fingerprint density at radius 3 is 2.41 bits per heavy atom. The first-order valence-electron chi connectivity index (χ1n) is 8.01. The summed E-state index contributed by atoms with van der Waals surface area (Å²) in [7, 11) is 0. The van der Waals surface area contributed by atoms with E-state index in [4.69, 9.17) is 27.9 Å². The molecule has 0 aliphatic heterocycles. The van der Waals surface area contributed by atoms with Crippen LogP contribution in [0.4, 0.5) is 0 Å². The topological polar surface area (TPSA) is 74.1 Å². The molecule has 3 rings (SSSR count). The van der Waals surface area contributed by atoms with Crippen molar-refractivity contribution in [3.63, 3.8) is 0 Å². The number of pyridine rings is 1. The summed E-state index contributed by atoms with van der Waals surface area (Å²) in [5.41, 5.74) is 2.00. The van der Waals surface area contributed by atoms with Crippen molar-refractivity contribution >= 4 is 35.0 Å². The molecule has 0 bridgehead atoms. The maximum Gasteiger partial charge on any atom is 0.359 e. The number of halogens is 2. The number of benzene rings is 1. The van der Waals surface area contributed by atoms with Gasteiger partial charge in [0.05, 0.1) is 10.7 Å². The second kappa shape index (κ2) is 7.90. The van der Waals surface area contributed by atoms with E-state index < -0.39 is 12.6 Å². The molecule has 27 heavy (non-hydrogen) atoms. The summed E-state index contributed by atoms with van der Waals surface area (Å²) in [5.74, 6) is -0.711. The van der Waals surface area contributed by atoms with Gasteiger partial charge in [-0.25, -0.2) is 14.5 Å². The van der Waals surface area contributed by atoms with Gasteiger partial charge in [-0.15, -0.1) is 0 Å². The summed E-state index contributed by atoms with van der Waals surface area (Å²) < 4.78 is 6.68. The van der Waals surface area contributed by atoms with Gasteiger partial charge in [-0.1, -0.05) is 23.2 Å². The third kappa shape index (κ3) is 4.35. The van der Waals surface area contributed by atoms with Gasteiger partial charge in [0.2, 0.25) is 0 Å². The van der Waals surface area contributed by atoms with Crippen molar-refractivity contribution in [2.24, 2.45) is 0 Å². The van der Waals surface area contributed by atoms with Crippen LogP contribution in [0.2, 0.25) is 10.0 Å². The summed E-state index contributed by atoms with van der Waals surface area (Å²) in [6, 6.07) is 11.4. The van der Waals surface area contributed by atoms with Crippen LogP contribution < -0.4 is 0 Å². The highest BCUT2D eigenvalue weighted by molar-refractivity contribution is 6.33. The monoisotopic (exact) mass is 403 g/mol. The minimum Gasteiger partial charge on any atom is -0.453 e. The zero-order valence-electron chi connectivity index (χ0n) is 14.6. The number of aryl methyl sites for hydroxylation is 2. The van der Waals surface area contributed by atoms with Crippen molar-refractivity contribution < 1.29 is 14.3 Å². The van der Waals surface area contributed by atoms with Crippen LogP contribution in [-0.2, 0) is 4.74 Å². The summed E-state index contributed by atoms with van der Waals surface area (Å²) in [6.07, 6.45) is 0. The Hall–Kier alpha value is -2.70. The molecule has 6 nitrogen and oxygen atoms in total. The second-order valence-electron chi connectivity index (χ2n) is 5.84. The molecule has 0 atom stereocenters. The lowest BCUT2D eigenvalue weighted by Crippen LogP contribution is -2.16. The van der Waals surface area contributed by atoms with Crippen LogP contribution >= 0.6 is 23.2 Å². The van der Waals surface area contributed by atoms with E-state index >= 15 is 0 Å². The number of carbonyl (C=O) groups excluding carboxylic acids is 2. The molecule has 2 heterocycles. The summed E-state index contributed by atoms with van der Waals surface area (Å²) in [6.45, 7) is 3.30. The number of carbonyl (C=O) groups is 2. The molecular weight excluding hydrogens is 389 g/mol. The fourth-order valence-electron chi connectivity index (χ4n) is 2.47. The number of ketones is 1. The van der Waals surface area contributed by atoms with E-state index in [0.29, 0.717) is 16.4 Å². The van der Waals surface area contributed by atoms with E-state index in [0.717, 1.165) is 11.4 Å². The van der Waals surface area contributed by atoms with Crippen LogP contribution in [0.15, 0.2) is 42.5 Å². The average molecular weight is 404 g/mol. The molecule has 0 amide bonds. The van der Waals surface area contributed by atoms with Crippen LogP contribution in [0.3, 0.4) is 0 Å². The maximum absolute atomic E-state index is 12.4. The van der Waals surface area contributed by atoms with Gasteiger partial charge in [-0.3, -0.25) is 4.79 Å². The van der Waals surface area contributed by atoms with Crippen LogP contribution in [0, 0.1) is 13.8 Å². The number of ether oxygens (including phenoxy) is 1. The standard InChI is InChI=1S/C19H15Cl2N3O3/c1-11-9-12(2)24(23-11)17-8-7-15(21)18(22-17)19(26)27-10-16(25)13-3-5-14(20)6-4-13/h3-9H,10H2,1-2H3. The molecule has 0 saturated carbocycles. The number of rotatable bonds is 5. The Balaban J connectivity index is 1.76. The smallest absolute Gasteiger partial charge is 0.359 e. The fraction of sp³-hybridized carbons (Fsp3) is 0.158. The number of hydrogen-bond acceptors (Lipinski definition) is 5. The molecule has 3 aromatic rings. The van der Waals surface area contributed by atoms with Gasteiger partial charge in [-0.05, 0) is 56.3 Å². The third-order valence-electron chi connectivity index (χ3n) is 3.75. The van der Waals surface area contributed by atoms with E-state index in [2.05, 4.69) is 10.1 Å². The van der Waals surface area contributed by atoms with Gasteiger partial charge in [0.1, 0.15) is 0 Å². The molecule has 0 aliphatic rings. The van der Waals surface area contributed by atoms with Crippen LogP contribution in [0.25, 0.3) is 5.82 Å². The fourth-order valence-corrected chi connectivity index (χ4v) is 2.78. The highest BCUT2D eigenvalue weighted by Gasteiger charge is 2.18. The second-order valence-corrected chi connectivity index (χ2v) is 6.69. The number of hydrogen-bond donors (Lipinski definition) is 0. The van der Waals surface area contributed by atoms with Gasteiger partial charge in [-0.2, -0.15) is 5.10 Å². The maximum atomic E-state index is 12.4. The van der Waals surface area contributed by atoms with E-state index in [1.165, 1.54) is 6.07 Å². The molecule has 138 valence electrons. The molecule has 0 N–H and O–H groups in total. The molecule has 0 spiro atoms. The first kappa shape index (κ1) is 19.1. The Kier molecular flexibility index (Phi) is 5.58. The molecule has 0 fully saturated rings. The molecule has 8 heteroatoms. The molecule has 0 aliphatic carbocycles. The summed E-state index contributed by atoms with van der Waals surface area (Å²) >= 11 is 11.9. The van der Waals surface area contributed by atoms with Crippen LogP contribution in [0.1, 0.15) is 32.2 Å². The van der Waals surface area contributed by atoms with Gasteiger partial charge in [0, 0.05) is 16.3 Å². The molecule has 0 saturated heterocycles. The van der Waals surface area contributed by atoms with E-state index in [1.807, 2.05) is 19.9 Å². The zero-order valence-corrected chi connectivity index (χ0v) is 16.1. The normalized spacial score (nSPS) is 10.7. The predicted octanol–water partition coefficient (Wildman–Crippen LogP) is 4.23. The van der Waals surface area contributed by atoms with Gasteiger partial charge in [0.15, 0.2) is 23.9 Å². The SMILES string of the molecule is Cc1cc(C)n(-c2ccc(Cl)c(C(=O)OCC(=O)c3ccc(Cl)cc3)n2)n1. The quantitative estimate of drug-likeness (QED) is 0.470. The summed E-state index contributed by atoms with van der Waals surface area (Å²) in [4.78, 5) is 28.7. The predicted molar refractivity (Wildman–Crippen MR) is 102 cm³/mol. The van der Waals surface area contributed by atoms with Crippen molar-refractivity contribution in [1.29, 1.82) is 0 Å².